The lowest BCUT2D eigenvalue weighted by atomic mass is 10.1. The third-order valence-corrected chi connectivity index (χ3v) is 6.41. The van der Waals surface area contributed by atoms with E-state index in [0.717, 1.165) is 5.56 Å². The lowest BCUT2D eigenvalue weighted by molar-refractivity contribution is -0.746. The first-order valence-electron chi connectivity index (χ1n) is 13.0. The van der Waals surface area contributed by atoms with Gasteiger partial charge in [-0.3, -0.25) is 4.57 Å². The fourth-order valence-electron chi connectivity index (χ4n) is 4.61. The van der Waals surface area contributed by atoms with E-state index >= 15 is 0 Å². The summed E-state index contributed by atoms with van der Waals surface area (Å²) in [6.45, 7) is 7.54. The van der Waals surface area contributed by atoms with Gasteiger partial charge < -0.3 is 29.9 Å². The largest absolute Gasteiger partial charge is 0.856 e. The topological polar surface area (TPSA) is 161 Å². The number of nitrogens with two attached hydrogens (primary N) is 1. The Balaban J connectivity index is 1.83. The maximum Gasteiger partial charge on any atom is 0.488 e. The van der Waals surface area contributed by atoms with Crippen LogP contribution in [0, 0.1) is 0 Å². The van der Waals surface area contributed by atoms with Crippen molar-refractivity contribution in [1.82, 2.24) is 14.5 Å². The number of hydrogen-bond donors (Lipinski definition) is 1. The Morgan fingerprint density at radius 2 is 1.62 bits per heavy atom. The first-order valence-corrected chi connectivity index (χ1v) is 14.1. The van der Waals surface area contributed by atoms with E-state index in [1.807, 2.05) is 82.3 Å². The number of ether oxygens (including phenoxy) is 3. The highest BCUT2D eigenvalue weighted by Crippen LogP contribution is 2.35. The van der Waals surface area contributed by atoms with Gasteiger partial charge in [-0.1, -0.05) is 59.6 Å². The van der Waals surface area contributed by atoms with Gasteiger partial charge >= 0.3 is 13.9 Å². The van der Waals surface area contributed by atoms with Crippen LogP contribution in [-0.2, 0) is 29.8 Å². The van der Waals surface area contributed by atoms with Gasteiger partial charge in [0.25, 0.3) is 5.95 Å². The SMILES string of the molecule is CC(C)OC1[C@@H](OC(C)C)[C@@H](CO[P+](=O)[O-])O[C@H]1[n+]1cn(Cc2ccccccccc2)c2c([O-])nc(N)nc21. The Bertz CT molecular complexity index is 1360. The van der Waals surface area contributed by atoms with Gasteiger partial charge in [-0.05, 0) is 37.8 Å². The summed E-state index contributed by atoms with van der Waals surface area (Å²) in [6.07, 6.45) is -1.72. The minimum atomic E-state index is -3.10. The van der Waals surface area contributed by atoms with E-state index in [1.165, 1.54) is 0 Å². The van der Waals surface area contributed by atoms with Crippen molar-refractivity contribution in [2.24, 2.45) is 0 Å². The fourth-order valence-corrected chi connectivity index (χ4v) is 4.88. The molecule has 0 bridgehead atoms. The third-order valence-electron chi connectivity index (χ3n) is 6.05. The van der Waals surface area contributed by atoms with Crippen LogP contribution < -0.4 is 20.3 Å². The van der Waals surface area contributed by atoms with Crippen LogP contribution in [0.5, 0.6) is 5.88 Å². The third kappa shape index (κ3) is 7.28. The predicted octanol–water partition coefficient (Wildman–Crippen LogP) is 2.07. The van der Waals surface area contributed by atoms with E-state index < -0.39 is 38.7 Å². The molecule has 5 atom stereocenters. The highest BCUT2D eigenvalue weighted by Gasteiger charge is 2.51. The maximum absolute atomic E-state index is 13.1. The summed E-state index contributed by atoms with van der Waals surface area (Å²) < 4.78 is 38.3. The maximum atomic E-state index is 13.1. The fraction of sp³-hybridized carbons (Fsp3) is 0.444. The molecular formula is C27H34N5O7P. The predicted molar refractivity (Wildman–Crippen MR) is 142 cm³/mol. The Hall–Kier alpha value is -3.25. The van der Waals surface area contributed by atoms with Crippen molar-refractivity contribution in [3.8, 4) is 5.88 Å². The van der Waals surface area contributed by atoms with E-state index in [-0.39, 0.29) is 35.9 Å². The second-order valence-electron chi connectivity index (χ2n) is 9.85. The van der Waals surface area contributed by atoms with Crippen LogP contribution in [0.3, 0.4) is 0 Å². The lowest BCUT2D eigenvalue weighted by Crippen LogP contribution is -2.48. The molecule has 12 nitrogen and oxygen atoms in total. The molecule has 0 amide bonds. The second kappa shape index (κ2) is 13.4. The van der Waals surface area contributed by atoms with Crippen molar-refractivity contribution in [3.63, 3.8) is 0 Å². The number of hydrogen-bond acceptors (Lipinski definition) is 10. The summed E-state index contributed by atoms with van der Waals surface area (Å²) in [5.41, 5.74) is 7.29. The number of aromatic nitrogens is 4. The molecule has 2 unspecified atom stereocenters. The highest BCUT2D eigenvalue weighted by molar-refractivity contribution is 7.30. The second-order valence-corrected chi connectivity index (χ2v) is 10.6. The molecule has 0 saturated carbocycles. The van der Waals surface area contributed by atoms with Crippen LogP contribution in [0.25, 0.3) is 11.2 Å². The molecule has 0 aliphatic carbocycles. The molecule has 4 rings (SSSR count). The van der Waals surface area contributed by atoms with Crippen molar-refractivity contribution in [2.45, 2.75) is 71.0 Å². The molecule has 0 spiro atoms. The van der Waals surface area contributed by atoms with Crippen LogP contribution in [0.15, 0.2) is 60.9 Å². The van der Waals surface area contributed by atoms with E-state index in [1.54, 1.807) is 15.5 Å². The molecule has 214 valence electrons. The smallest absolute Gasteiger partial charge is 0.488 e. The summed E-state index contributed by atoms with van der Waals surface area (Å²) in [5, 5.41) is 13.1. The molecule has 1 saturated heterocycles. The van der Waals surface area contributed by atoms with E-state index in [0.29, 0.717) is 6.54 Å². The quantitative estimate of drug-likeness (QED) is 0.282. The van der Waals surface area contributed by atoms with Crippen LogP contribution in [-0.4, -0.2) is 51.7 Å². The van der Waals surface area contributed by atoms with Gasteiger partial charge in [0.1, 0.15) is 24.9 Å². The Kier molecular flexibility index (Phi) is 9.96. The van der Waals surface area contributed by atoms with Gasteiger partial charge in [0.15, 0.2) is 11.8 Å². The molecule has 40 heavy (non-hydrogen) atoms. The summed E-state index contributed by atoms with van der Waals surface area (Å²) in [6, 6.07) is 17.3. The Labute approximate surface area is 233 Å². The monoisotopic (exact) mass is 571 g/mol. The molecule has 0 radical (unpaired) electrons. The summed E-state index contributed by atoms with van der Waals surface area (Å²) in [7, 11) is -3.10. The molecule has 3 aromatic rings. The highest BCUT2D eigenvalue weighted by atomic mass is 31.1. The number of anilines is 1. The van der Waals surface area contributed by atoms with E-state index in [9.17, 15) is 14.6 Å². The molecule has 1 aromatic carbocycles. The van der Waals surface area contributed by atoms with Crippen LogP contribution in [0.2, 0.25) is 0 Å². The minimum absolute atomic E-state index is 0.181. The Morgan fingerprint density at radius 3 is 2.23 bits per heavy atom. The zero-order valence-electron chi connectivity index (χ0n) is 22.8. The van der Waals surface area contributed by atoms with Gasteiger partial charge in [0.2, 0.25) is 6.23 Å². The normalized spacial score (nSPS) is 21.2. The molecule has 2 N–H and O–H groups in total. The number of nitrogen functional groups attached to an aromatic ring is 1. The molecule has 2 aromatic heterocycles. The Morgan fingerprint density at radius 1 is 1.02 bits per heavy atom. The van der Waals surface area contributed by atoms with Crippen LogP contribution in [0.4, 0.5) is 5.95 Å². The molecule has 1 aliphatic rings. The summed E-state index contributed by atoms with van der Waals surface area (Å²) in [4.78, 5) is 19.5. The number of rotatable bonds is 10. The minimum Gasteiger partial charge on any atom is -0.856 e. The van der Waals surface area contributed by atoms with Gasteiger partial charge in [0.05, 0.1) is 18.8 Å². The number of nitrogens with zero attached hydrogens (tertiary/aromatic N) is 4. The van der Waals surface area contributed by atoms with Crippen LogP contribution >= 0.6 is 8.25 Å². The molecular weight excluding hydrogens is 537 g/mol. The standard InChI is InChI=1S/C27H34N5O7P/c1-17(2)37-22-20(15-36-40(34)35)39-26(23(22)38-18(3)4)32-16-31(21-24(32)29-27(28)30-25(21)33)14-19-12-10-8-6-5-7-9-11-13-19/h5-13,16-18,20,22-23,26H,14-15H2,1-4H3,(H2-,28,29,30,33)/t20-,22+,23?,26-/m1/s1. The zero-order chi connectivity index (χ0) is 28.8. The van der Waals surface area contributed by atoms with Crippen molar-refractivity contribution in [1.29, 1.82) is 0 Å². The van der Waals surface area contributed by atoms with Gasteiger partial charge in [-0.25, -0.2) is 9.55 Å². The molecule has 1 aliphatic heterocycles. The summed E-state index contributed by atoms with van der Waals surface area (Å²) in [5.74, 6) is -0.721. The van der Waals surface area contributed by atoms with Crippen molar-refractivity contribution in [3.05, 3.63) is 66.5 Å². The van der Waals surface area contributed by atoms with Crippen molar-refractivity contribution < 1.29 is 37.9 Å². The number of imidazole rings is 1. The number of fused-ring (bicyclic) bond motifs is 1. The average molecular weight is 572 g/mol. The molecule has 13 heteroatoms. The first-order chi connectivity index (χ1) is 19.1. The lowest BCUT2D eigenvalue weighted by Gasteiger charge is -2.26. The van der Waals surface area contributed by atoms with Crippen LogP contribution in [0.1, 0.15) is 39.5 Å². The van der Waals surface area contributed by atoms with Crippen molar-refractivity contribution in [2.75, 3.05) is 12.3 Å². The zero-order valence-corrected chi connectivity index (χ0v) is 23.7. The molecule has 3 heterocycles. The van der Waals surface area contributed by atoms with Gasteiger partial charge in [0, 0.05) is 5.88 Å². The molecule has 1 fully saturated rings. The van der Waals surface area contributed by atoms with Crippen molar-refractivity contribution >= 4 is 25.4 Å². The van der Waals surface area contributed by atoms with Gasteiger partial charge in [-0.2, -0.15) is 0 Å². The van der Waals surface area contributed by atoms with Gasteiger partial charge in [-0.15, -0.1) is 4.52 Å². The van der Waals surface area contributed by atoms with E-state index in [2.05, 4.69) is 9.97 Å². The van der Waals surface area contributed by atoms with E-state index in [4.69, 9.17) is 24.5 Å². The summed E-state index contributed by atoms with van der Waals surface area (Å²) >= 11 is 0. The first kappa shape index (κ1) is 29.7. The average Bonchev–Trinajstić information content (AvgIpc) is 3.39.